The van der Waals surface area contributed by atoms with Gasteiger partial charge in [-0.1, -0.05) is 23.9 Å². The summed E-state index contributed by atoms with van der Waals surface area (Å²) in [5, 5.41) is 3.64. The van der Waals surface area contributed by atoms with E-state index in [1.807, 2.05) is 19.9 Å². The fourth-order valence-corrected chi connectivity index (χ4v) is 3.60. The van der Waals surface area contributed by atoms with Gasteiger partial charge in [-0.3, -0.25) is 19.1 Å². The third-order valence-corrected chi connectivity index (χ3v) is 4.71. The van der Waals surface area contributed by atoms with Crippen LogP contribution in [0.3, 0.4) is 0 Å². The zero-order valence-corrected chi connectivity index (χ0v) is 14.3. The summed E-state index contributed by atoms with van der Waals surface area (Å²) in [5.74, 6) is -0.224. The molecule has 2 aromatic rings. The second kappa shape index (κ2) is 6.64. The Morgan fingerprint density at radius 3 is 2.75 bits per heavy atom. The number of urea groups is 1. The lowest BCUT2D eigenvalue weighted by Gasteiger charge is -2.17. The Morgan fingerprint density at radius 1 is 1.33 bits per heavy atom. The monoisotopic (exact) mass is 346 g/mol. The van der Waals surface area contributed by atoms with Crippen LogP contribution in [-0.4, -0.2) is 45.2 Å². The van der Waals surface area contributed by atoms with Gasteiger partial charge in [0.05, 0.1) is 16.7 Å². The van der Waals surface area contributed by atoms with Gasteiger partial charge in [0.1, 0.15) is 0 Å². The van der Waals surface area contributed by atoms with Crippen molar-refractivity contribution in [2.24, 2.45) is 0 Å². The molecule has 2 heterocycles. The zero-order valence-electron chi connectivity index (χ0n) is 13.5. The highest BCUT2D eigenvalue weighted by Crippen LogP contribution is 2.21. The highest BCUT2D eigenvalue weighted by Gasteiger charge is 2.26. The van der Waals surface area contributed by atoms with Gasteiger partial charge in [0.2, 0.25) is 5.91 Å². The van der Waals surface area contributed by atoms with E-state index in [9.17, 15) is 14.4 Å². The predicted molar refractivity (Wildman–Crippen MR) is 92.2 cm³/mol. The van der Waals surface area contributed by atoms with E-state index in [2.05, 4.69) is 10.3 Å². The third kappa shape index (κ3) is 3.01. The Bertz CT molecular complexity index is 862. The number of rotatable bonds is 4. The molecule has 0 bridgehead atoms. The molecule has 0 atom stereocenters. The van der Waals surface area contributed by atoms with E-state index >= 15 is 0 Å². The number of aromatic nitrogens is 2. The second-order valence-electron chi connectivity index (χ2n) is 5.75. The van der Waals surface area contributed by atoms with Gasteiger partial charge >= 0.3 is 6.03 Å². The van der Waals surface area contributed by atoms with Crippen molar-refractivity contribution in [1.82, 2.24) is 19.8 Å². The molecule has 7 nitrogen and oxygen atoms in total. The maximum Gasteiger partial charge on any atom is 0.324 e. The molecule has 1 aromatic heterocycles. The number of nitrogens with zero attached hydrogens (tertiary/aromatic N) is 3. The van der Waals surface area contributed by atoms with Crippen LogP contribution in [0.5, 0.6) is 0 Å². The number of nitrogens with one attached hydrogen (secondary N) is 1. The molecule has 1 aliphatic rings. The minimum Gasteiger partial charge on any atom is -0.336 e. The van der Waals surface area contributed by atoms with Crippen LogP contribution in [0.2, 0.25) is 0 Å². The molecule has 3 rings (SSSR count). The van der Waals surface area contributed by atoms with Crippen molar-refractivity contribution in [3.63, 3.8) is 0 Å². The third-order valence-electron chi connectivity index (χ3n) is 3.77. The van der Waals surface area contributed by atoms with E-state index in [1.54, 1.807) is 22.8 Å². The minimum atomic E-state index is -0.367. The van der Waals surface area contributed by atoms with E-state index < -0.39 is 0 Å². The van der Waals surface area contributed by atoms with Gasteiger partial charge in [-0.15, -0.1) is 0 Å². The molecule has 1 aromatic carbocycles. The Kier molecular flexibility index (Phi) is 4.57. The molecule has 0 spiro atoms. The molecule has 0 radical (unpaired) electrons. The number of imide groups is 1. The number of carbonyl (C=O) groups is 2. The summed E-state index contributed by atoms with van der Waals surface area (Å²) in [6, 6.07) is 6.70. The van der Waals surface area contributed by atoms with Gasteiger partial charge in [-0.25, -0.2) is 9.78 Å². The number of amides is 3. The molecule has 8 heteroatoms. The first kappa shape index (κ1) is 16.5. The lowest BCUT2D eigenvalue weighted by molar-refractivity contribution is -0.124. The van der Waals surface area contributed by atoms with Crippen LogP contribution in [0.15, 0.2) is 34.2 Å². The summed E-state index contributed by atoms with van der Waals surface area (Å²) in [6.45, 7) is 4.65. The second-order valence-corrected chi connectivity index (χ2v) is 6.69. The molecule has 1 aliphatic heterocycles. The normalized spacial score (nSPS) is 14.5. The van der Waals surface area contributed by atoms with Crippen molar-refractivity contribution in [2.45, 2.75) is 25.0 Å². The predicted octanol–water partition coefficient (Wildman–Crippen LogP) is 1.62. The van der Waals surface area contributed by atoms with Crippen molar-refractivity contribution in [3.8, 4) is 0 Å². The quantitative estimate of drug-likeness (QED) is 0.672. The number of benzene rings is 1. The smallest absolute Gasteiger partial charge is 0.324 e. The Balaban J connectivity index is 1.91. The van der Waals surface area contributed by atoms with Crippen LogP contribution in [0.25, 0.3) is 10.9 Å². The number of hydrogen-bond donors (Lipinski definition) is 1. The lowest BCUT2D eigenvalue weighted by atomic mass is 10.2. The van der Waals surface area contributed by atoms with Gasteiger partial charge in [-0.2, -0.15) is 0 Å². The Labute approximate surface area is 143 Å². The fraction of sp³-hybridized carbons (Fsp3) is 0.375. The van der Waals surface area contributed by atoms with E-state index in [4.69, 9.17) is 0 Å². The van der Waals surface area contributed by atoms with Gasteiger partial charge in [-0.05, 0) is 26.0 Å². The molecular formula is C16H18N4O3S. The summed E-state index contributed by atoms with van der Waals surface area (Å²) in [5.41, 5.74) is 0.484. The minimum absolute atomic E-state index is 0.0604. The first-order valence-corrected chi connectivity index (χ1v) is 8.70. The highest BCUT2D eigenvalue weighted by molar-refractivity contribution is 7.99. The zero-order chi connectivity index (χ0) is 17.3. The molecular weight excluding hydrogens is 328 g/mol. The van der Waals surface area contributed by atoms with Gasteiger partial charge in [0.25, 0.3) is 5.56 Å². The molecule has 1 saturated heterocycles. The van der Waals surface area contributed by atoms with Crippen molar-refractivity contribution in [1.29, 1.82) is 0 Å². The standard InChI is InChI=1S/C16H18N4O3S/c1-10(2)20-14(22)11-5-3-4-6-12(11)18-16(20)24-9-13(21)19-8-7-17-15(19)23/h3-6,10H,7-9H2,1-2H3,(H,17,23). The van der Waals surface area contributed by atoms with Crippen molar-refractivity contribution in [3.05, 3.63) is 34.6 Å². The summed E-state index contributed by atoms with van der Waals surface area (Å²) in [6.07, 6.45) is 0. The molecule has 126 valence electrons. The molecule has 0 unspecified atom stereocenters. The average Bonchev–Trinajstić information content (AvgIpc) is 2.98. The number of carbonyl (C=O) groups excluding carboxylic acids is 2. The van der Waals surface area contributed by atoms with Crippen LogP contribution in [-0.2, 0) is 4.79 Å². The van der Waals surface area contributed by atoms with Gasteiger partial charge in [0, 0.05) is 19.1 Å². The topological polar surface area (TPSA) is 84.3 Å². The Morgan fingerprint density at radius 2 is 2.08 bits per heavy atom. The van der Waals surface area contributed by atoms with E-state index in [1.165, 1.54) is 16.7 Å². The molecule has 0 saturated carbocycles. The first-order valence-electron chi connectivity index (χ1n) is 7.71. The fourth-order valence-electron chi connectivity index (χ4n) is 2.60. The van der Waals surface area contributed by atoms with E-state index in [-0.39, 0.29) is 29.3 Å². The average molecular weight is 346 g/mol. The van der Waals surface area contributed by atoms with Gasteiger partial charge in [0.15, 0.2) is 5.16 Å². The van der Waals surface area contributed by atoms with Crippen molar-refractivity contribution < 1.29 is 9.59 Å². The molecule has 24 heavy (non-hydrogen) atoms. The summed E-state index contributed by atoms with van der Waals surface area (Å²) in [4.78, 5) is 42.1. The molecule has 1 N–H and O–H groups in total. The summed E-state index contributed by atoms with van der Waals surface area (Å²) >= 11 is 1.18. The van der Waals surface area contributed by atoms with Crippen LogP contribution >= 0.6 is 11.8 Å². The van der Waals surface area contributed by atoms with Crippen LogP contribution < -0.4 is 10.9 Å². The molecule has 0 aliphatic carbocycles. The summed E-state index contributed by atoms with van der Waals surface area (Å²) < 4.78 is 1.59. The number of para-hydroxylation sites is 1. The van der Waals surface area contributed by atoms with Gasteiger partial charge < -0.3 is 5.32 Å². The Hall–Kier alpha value is -2.35. The van der Waals surface area contributed by atoms with E-state index in [0.29, 0.717) is 29.1 Å². The molecule has 3 amide bonds. The number of hydrogen-bond acceptors (Lipinski definition) is 5. The first-order chi connectivity index (χ1) is 11.5. The number of fused-ring (bicyclic) bond motifs is 1. The highest BCUT2D eigenvalue weighted by atomic mass is 32.2. The van der Waals surface area contributed by atoms with E-state index in [0.717, 1.165) is 0 Å². The number of thioether (sulfide) groups is 1. The maximum atomic E-state index is 12.7. The SMILES string of the molecule is CC(C)n1c(SCC(=O)N2CCNC2=O)nc2ccccc2c1=O. The largest absolute Gasteiger partial charge is 0.336 e. The summed E-state index contributed by atoms with van der Waals surface area (Å²) in [7, 11) is 0. The lowest BCUT2D eigenvalue weighted by Crippen LogP contribution is -2.35. The maximum absolute atomic E-state index is 12.7. The van der Waals surface area contributed by atoms with Crippen LogP contribution in [0.1, 0.15) is 19.9 Å². The van der Waals surface area contributed by atoms with Crippen molar-refractivity contribution >= 4 is 34.6 Å². The van der Waals surface area contributed by atoms with Crippen LogP contribution in [0.4, 0.5) is 4.79 Å². The molecule has 1 fully saturated rings. The van der Waals surface area contributed by atoms with Crippen molar-refractivity contribution in [2.75, 3.05) is 18.8 Å². The van der Waals surface area contributed by atoms with Crippen LogP contribution in [0, 0.1) is 0 Å².